The summed E-state index contributed by atoms with van der Waals surface area (Å²) in [6, 6.07) is 3.99. The van der Waals surface area contributed by atoms with Crippen LogP contribution in [0.15, 0.2) is 59.7 Å². The van der Waals surface area contributed by atoms with Gasteiger partial charge in [0.05, 0.1) is 5.57 Å². The van der Waals surface area contributed by atoms with E-state index in [9.17, 15) is 9.59 Å². The first kappa shape index (κ1) is 21.1. The molecular weight excluding hydrogens is 404 g/mol. The summed E-state index contributed by atoms with van der Waals surface area (Å²) in [4.78, 5) is 29.1. The number of carbonyl (C=O) groups excluding carboxylic acids is 2. The van der Waals surface area contributed by atoms with Gasteiger partial charge in [0.1, 0.15) is 18.0 Å². The Hall–Kier alpha value is -2.73. The standard InChI is InChI=1S/C26H30N2O4/c1-15(29)31-23-12-20-25-17(6-7-26(20,2)24(23)18-5-4-8-28-14-18)11-19-21(30)9-16(13-27-3)10-22(19)32-25/h4-8,11,14,16,20,23-25,27H,9-10,12-13H2,1-3H3/t16?,20-,23?,24-,25+,26-/m0/s1. The van der Waals surface area contributed by atoms with Gasteiger partial charge in [-0.05, 0) is 49.2 Å². The number of rotatable bonds is 4. The van der Waals surface area contributed by atoms with E-state index >= 15 is 0 Å². The van der Waals surface area contributed by atoms with E-state index in [0.717, 1.165) is 35.4 Å². The summed E-state index contributed by atoms with van der Waals surface area (Å²) in [5.74, 6) is 1.09. The number of carbonyl (C=O) groups is 2. The zero-order valence-corrected chi connectivity index (χ0v) is 18.8. The number of nitrogens with zero attached hydrogens (tertiary/aromatic N) is 1. The summed E-state index contributed by atoms with van der Waals surface area (Å²) in [5.41, 5.74) is 2.58. The highest BCUT2D eigenvalue weighted by molar-refractivity contribution is 6.00. The number of allylic oxidation sites excluding steroid dienone is 4. The Balaban J connectivity index is 1.51. The Morgan fingerprint density at radius 2 is 2.22 bits per heavy atom. The largest absolute Gasteiger partial charge is 0.489 e. The molecule has 6 atom stereocenters. The minimum Gasteiger partial charge on any atom is -0.489 e. The zero-order chi connectivity index (χ0) is 22.5. The number of aromatic nitrogens is 1. The van der Waals surface area contributed by atoms with Crippen LogP contribution < -0.4 is 5.32 Å². The topological polar surface area (TPSA) is 77.5 Å². The number of hydrogen-bond acceptors (Lipinski definition) is 6. The van der Waals surface area contributed by atoms with Gasteiger partial charge < -0.3 is 14.8 Å². The van der Waals surface area contributed by atoms with E-state index in [1.807, 2.05) is 25.4 Å². The number of pyridine rings is 1. The van der Waals surface area contributed by atoms with E-state index in [-0.39, 0.29) is 47.1 Å². The molecule has 0 amide bonds. The molecule has 0 radical (unpaired) electrons. The minimum absolute atomic E-state index is 0.00750. The molecular formula is C26H30N2O4. The van der Waals surface area contributed by atoms with Gasteiger partial charge in [-0.2, -0.15) is 0 Å². The normalized spacial score (nSPS) is 35.4. The van der Waals surface area contributed by atoms with Crippen LogP contribution in [0.2, 0.25) is 0 Å². The Kier molecular flexibility index (Phi) is 5.28. The maximum Gasteiger partial charge on any atom is 0.302 e. The summed E-state index contributed by atoms with van der Waals surface area (Å²) in [6.07, 6.45) is 11.6. The second-order valence-electron chi connectivity index (χ2n) is 9.73. The number of ketones is 1. The summed E-state index contributed by atoms with van der Waals surface area (Å²) in [7, 11) is 1.91. The van der Waals surface area contributed by atoms with Crippen molar-refractivity contribution in [1.82, 2.24) is 10.3 Å². The molecule has 3 aliphatic carbocycles. The molecule has 2 heterocycles. The molecule has 0 spiro atoms. The molecule has 0 bridgehead atoms. The fourth-order valence-corrected chi connectivity index (χ4v) is 6.29. The van der Waals surface area contributed by atoms with Crippen LogP contribution in [0.1, 0.15) is 44.6 Å². The molecule has 0 saturated heterocycles. The van der Waals surface area contributed by atoms with Crippen molar-refractivity contribution in [2.45, 2.75) is 51.2 Å². The summed E-state index contributed by atoms with van der Waals surface area (Å²) < 4.78 is 12.5. The fraction of sp³-hybridized carbons (Fsp3) is 0.500. The van der Waals surface area contributed by atoms with Crippen molar-refractivity contribution < 1.29 is 19.1 Å². The Labute approximate surface area is 188 Å². The van der Waals surface area contributed by atoms with E-state index in [1.54, 1.807) is 6.20 Å². The van der Waals surface area contributed by atoms with Crippen LogP contribution in [0.5, 0.6) is 0 Å². The first-order chi connectivity index (χ1) is 15.4. The first-order valence-electron chi connectivity index (χ1n) is 11.5. The van der Waals surface area contributed by atoms with Crippen LogP contribution in [0, 0.1) is 17.3 Å². The third-order valence-electron chi connectivity index (χ3n) is 7.64. The lowest BCUT2D eigenvalue weighted by molar-refractivity contribution is -0.147. The molecule has 32 heavy (non-hydrogen) atoms. The van der Waals surface area contributed by atoms with Gasteiger partial charge in [0.2, 0.25) is 0 Å². The van der Waals surface area contributed by atoms with Crippen LogP contribution in [0.3, 0.4) is 0 Å². The molecule has 4 aliphatic rings. The van der Waals surface area contributed by atoms with E-state index in [4.69, 9.17) is 9.47 Å². The number of Topliss-reactive ketones (excluding diaryl/α,β-unsaturated/α-hetero) is 1. The van der Waals surface area contributed by atoms with E-state index in [1.165, 1.54) is 6.92 Å². The average molecular weight is 435 g/mol. The third kappa shape index (κ3) is 3.41. The van der Waals surface area contributed by atoms with Crippen LogP contribution in [-0.2, 0) is 19.1 Å². The van der Waals surface area contributed by atoms with E-state index in [2.05, 4.69) is 35.4 Å². The quantitative estimate of drug-likeness (QED) is 0.732. The highest BCUT2D eigenvalue weighted by Gasteiger charge is 2.58. The minimum atomic E-state index is -0.270. The first-order valence-corrected chi connectivity index (χ1v) is 11.5. The fourth-order valence-electron chi connectivity index (χ4n) is 6.29. The highest BCUT2D eigenvalue weighted by atomic mass is 16.5. The van der Waals surface area contributed by atoms with Gasteiger partial charge >= 0.3 is 5.97 Å². The SMILES string of the molecule is CNCC1CC(=O)C2=C(C1)O[C@@H]1C(=C2)C=C[C@]2(C)[C@@H](c3cccnc3)C(OC(C)=O)C[C@@H]12. The molecule has 1 N–H and O–H groups in total. The van der Waals surface area contributed by atoms with Gasteiger partial charge in [-0.3, -0.25) is 14.6 Å². The summed E-state index contributed by atoms with van der Waals surface area (Å²) in [6.45, 7) is 4.50. The van der Waals surface area contributed by atoms with E-state index in [0.29, 0.717) is 12.8 Å². The Bertz CT molecular complexity index is 1030. The smallest absolute Gasteiger partial charge is 0.302 e. The molecule has 1 saturated carbocycles. The van der Waals surface area contributed by atoms with Crippen LogP contribution >= 0.6 is 0 Å². The number of esters is 1. The van der Waals surface area contributed by atoms with Gasteiger partial charge in [0.15, 0.2) is 5.78 Å². The van der Waals surface area contributed by atoms with Crippen molar-refractivity contribution in [3.63, 3.8) is 0 Å². The molecule has 1 aromatic rings. The molecule has 6 nitrogen and oxygen atoms in total. The summed E-state index contributed by atoms with van der Waals surface area (Å²) >= 11 is 0. The molecule has 2 unspecified atom stereocenters. The molecule has 6 heteroatoms. The predicted molar refractivity (Wildman–Crippen MR) is 120 cm³/mol. The molecule has 1 aliphatic heterocycles. The predicted octanol–water partition coefficient (Wildman–Crippen LogP) is 3.47. The van der Waals surface area contributed by atoms with Crippen molar-refractivity contribution in [2.24, 2.45) is 17.3 Å². The number of fused-ring (bicyclic) bond motifs is 3. The average Bonchev–Trinajstić information content (AvgIpc) is 3.05. The lowest BCUT2D eigenvalue weighted by Crippen LogP contribution is -2.41. The molecule has 1 fully saturated rings. The molecule has 0 aromatic carbocycles. The monoisotopic (exact) mass is 434 g/mol. The van der Waals surface area contributed by atoms with Crippen LogP contribution in [0.25, 0.3) is 0 Å². The Morgan fingerprint density at radius 3 is 2.94 bits per heavy atom. The van der Waals surface area contributed by atoms with Crippen molar-refractivity contribution in [3.8, 4) is 0 Å². The highest BCUT2D eigenvalue weighted by Crippen LogP contribution is 2.60. The summed E-state index contributed by atoms with van der Waals surface area (Å²) in [5, 5.41) is 3.19. The van der Waals surface area contributed by atoms with Crippen LogP contribution in [0.4, 0.5) is 0 Å². The van der Waals surface area contributed by atoms with Gasteiger partial charge in [0, 0.05) is 49.4 Å². The lowest BCUT2D eigenvalue weighted by atomic mass is 9.64. The number of ether oxygens (including phenoxy) is 2. The molecule has 168 valence electrons. The van der Waals surface area contributed by atoms with Crippen molar-refractivity contribution >= 4 is 11.8 Å². The van der Waals surface area contributed by atoms with Crippen molar-refractivity contribution in [2.75, 3.05) is 13.6 Å². The second-order valence-corrected chi connectivity index (χ2v) is 9.73. The van der Waals surface area contributed by atoms with Gasteiger partial charge in [-0.15, -0.1) is 0 Å². The van der Waals surface area contributed by atoms with Gasteiger partial charge in [-0.1, -0.05) is 25.1 Å². The van der Waals surface area contributed by atoms with Gasteiger partial charge in [0.25, 0.3) is 0 Å². The maximum atomic E-state index is 12.8. The van der Waals surface area contributed by atoms with Crippen LogP contribution in [-0.4, -0.2) is 42.5 Å². The number of hydrogen-bond donors (Lipinski definition) is 1. The van der Waals surface area contributed by atoms with Crippen molar-refractivity contribution in [1.29, 1.82) is 0 Å². The number of nitrogens with one attached hydrogen (secondary N) is 1. The van der Waals surface area contributed by atoms with Crippen molar-refractivity contribution in [3.05, 3.63) is 65.2 Å². The second kappa shape index (κ2) is 8.00. The zero-order valence-electron chi connectivity index (χ0n) is 18.8. The molecule has 1 aromatic heterocycles. The van der Waals surface area contributed by atoms with Gasteiger partial charge in [-0.25, -0.2) is 0 Å². The lowest BCUT2D eigenvalue weighted by Gasteiger charge is -2.44. The Morgan fingerprint density at radius 1 is 1.38 bits per heavy atom. The molecule has 5 rings (SSSR count). The maximum absolute atomic E-state index is 12.8. The van der Waals surface area contributed by atoms with E-state index < -0.39 is 0 Å². The third-order valence-corrected chi connectivity index (χ3v) is 7.64.